The van der Waals surface area contributed by atoms with Crippen LogP contribution in [0.4, 0.5) is 28.4 Å². The molecule has 7 aromatic rings. The number of hydrogen-bond acceptors (Lipinski definition) is 11. The van der Waals surface area contributed by atoms with Gasteiger partial charge in [0.15, 0.2) is 11.5 Å². The quantitative estimate of drug-likeness (QED) is 0.0949. The molecule has 0 aliphatic heterocycles. The molecule has 2 heterocycles. The molecule has 260 valence electrons. The summed E-state index contributed by atoms with van der Waals surface area (Å²) in [6.07, 6.45) is 3.39. The zero-order chi connectivity index (χ0) is 36.9. The average Bonchev–Trinajstić information content (AvgIpc) is 3.17. The minimum atomic E-state index is -1.33. The number of rotatable bonds is 11. The number of nitrogens with zero attached hydrogens (tertiary/aromatic N) is 7. The highest BCUT2D eigenvalue weighted by atomic mass is 16.4. The number of benzene rings is 5. The average molecular weight is 704 g/mol. The van der Waals surface area contributed by atoms with Gasteiger partial charge in [-0.05, 0) is 65.4 Å². The Kier molecular flexibility index (Phi) is 9.44. The van der Waals surface area contributed by atoms with Crippen LogP contribution in [-0.2, 0) is 13.1 Å². The van der Waals surface area contributed by atoms with Crippen molar-refractivity contribution in [2.45, 2.75) is 13.1 Å². The van der Waals surface area contributed by atoms with Crippen LogP contribution in [0, 0.1) is 0 Å². The van der Waals surface area contributed by atoms with Crippen LogP contribution in [0.1, 0.15) is 32.1 Å². The number of pyridine rings is 2. The third kappa shape index (κ3) is 7.21. The van der Waals surface area contributed by atoms with Crippen LogP contribution in [0.15, 0.2) is 148 Å². The van der Waals surface area contributed by atoms with Gasteiger partial charge in [0.05, 0.1) is 35.9 Å². The van der Waals surface area contributed by atoms with Crippen molar-refractivity contribution in [2.24, 2.45) is 20.5 Å². The Labute approximate surface area is 301 Å². The predicted octanol–water partition coefficient (Wildman–Crippen LogP) is 9.63. The van der Waals surface area contributed by atoms with Crippen molar-refractivity contribution in [1.29, 1.82) is 0 Å². The standard InChI is InChI=1S/C40H29N7O6/c48-37-31(39(50)51)19-24-9-1-3-13-29(24)35(37)45-43-26-15-16-34(47(22-27-11-5-7-17-41-27)23-28-12-6-8-18-42-28)33(21-26)44-46-36-30-14-4-2-10-25(30)20-32(38(36)49)40(52)53/h1-21,48-49H,22-23H2,(H,50,51)(H,52,53). The topological polar surface area (TPSA) is 194 Å². The first-order valence-corrected chi connectivity index (χ1v) is 16.2. The maximum Gasteiger partial charge on any atom is 0.339 e. The Morgan fingerprint density at radius 1 is 0.566 bits per heavy atom. The number of fused-ring (bicyclic) bond motifs is 2. The zero-order valence-electron chi connectivity index (χ0n) is 27.8. The molecule has 4 N–H and O–H groups in total. The molecule has 53 heavy (non-hydrogen) atoms. The molecule has 0 aliphatic carbocycles. The van der Waals surface area contributed by atoms with E-state index in [0.717, 1.165) is 11.4 Å². The molecule has 0 spiro atoms. The van der Waals surface area contributed by atoms with E-state index in [2.05, 4.69) is 30.4 Å². The molecule has 13 heteroatoms. The second-order valence-corrected chi connectivity index (χ2v) is 11.9. The van der Waals surface area contributed by atoms with E-state index in [9.17, 15) is 30.0 Å². The summed E-state index contributed by atoms with van der Waals surface area (Å²) in [6.45, 7) is 0.677. The Morgan fingerprint density at radius 2 is 1.06 bits per heavy atom. The molecule has 13 nitrogen and oxygen atoms in total. The maximum atomic E-state index is 12.1. The van der Waals surface area contributed by atoms with Crippen LogP contribution in [0.5, 0.6) is 11.5 Å². The Hall–Kier alpha value is -7.54. The van der Waals surface area contributed by atoms with Gasteiger partial charge in [-0.15, -0.1) is 15.3 Å². The van der Waals surface area contributed by atoms with E-state index in [-0.39, 0.29) is 33.9 Å². The van der Waals surface area contributed by atoms with E-state index in [1.54, 1.807) is 79.1 Å². The van der Waals surface area contributed by atoms with Gasteiger partial charge in [0.1, 0.15) is 28.2 Å². The van der Waals surface area contributed by atoms with E-state index in [4.69, 9.17) is 0 Å². The number of anilines is 1. The minimum Gasteiger partial charge on any atom is -0.505 e. The number of aromatic hydroxyl groups is 2. The fourth-order valence-corrected chi connectivity index (χ4v) is 5.90. The summed E-state index contributed by atoms with van der Waals surface area (Å²) in [4.78, 5) is 35.0. The van der Waals surface area contributed by atoms with Crippen LogP contribution < -0.4 is 4.90 Å². The third-order valence-corrected chi connectivity index (χ3v) is 8.43. The lowest BCUT2D eigenvalue weighted by Gasteiger charge is -2.25. The highest BCUT2D eigenvalue weighted by molar-refractivity contribution is 6.05. The molecule has 2 aromatic heterocycles. The SMILES string of the molecule is O=C(O)c1cc2ccccc2c(N=Nc2ccc(N(Cc3ccccn3)Cc3ccccn3)c(N=Nc3c(O)c(C(=O)O)cc4ccccc34)c2)c1O. The number of hydrogen-bond donors (Lipinski definition) is 4. The third-order valence-electron chi connectivity index (χ3n) is 8.43. The first-order valence-electron chi connectivity index (χ1n) is 16.2. The van der Waals surface area contributed by atoms with Crippen molar-refractivity contribution < 1.29 is 30.0 Å². The maximum absolute atomic E-state index is 12.1. The summed E-state index contributed by atoms with van der Waals surface area (Å²) in [5.74, 6) is -3.72. The van der Waals surface area contributed by atoms with Crippen LogP contribution in [0.3, 0.4) is 0 Å². The first kappa shape index (κ1) is 33.9. The summed E-state index contributed by atoms with van der Waals surface area (Å²) in [7, 11) is 0. The largest absolute Gasteiger partial charge is 0.505 e. The molecule has 0 unspecified atom stereocenters. The van der Waals surface area contributed by atoms with Crippen molar-refractivity contribution >= 4 is 61.9 Å². The molecule has 0 bridgehead atoms. The van der Waals surface area contributed by atoms with Crippen LogP contribution in [-0.4, -0.2) is 42.3 Å². The molecule has 0 atom stereocenters. The van der Waals surface area contributed by atoms with Gasteiger partial charge in [-0.25, -0.2) is 9.59 Å². The van der Waals surface area contributed by atoms with Gasteiger partial charge in [-0.1, -0.05) is 60.7 Å². The van der Waals surface area contributed by atoms with Crippen molar-refractivity contribution in [2.75, 3.05) is 4.90 Å². The molecular formula is C40H29N7O6. The monoisotopic (exact) mass is 703 g/mol. The van der Waals surface area contributed by atoms with Gasteiger partial charge in [-0.2, -0.15) is 5.11 Å². The van der Waals surface area contributed by atoms with Gasteiger partial charge in [0.2, 0.25) is 0 Å². The molecule has 0 saturated heterocycles. The molecular weight excluding hydrogens is 674 g/mol. The summed E-state index contributed by atoms with van der Waals surface area (Å²) in [5.41, 5.74) is 1.91. The number of aromatic nitrogens is 2. The van der Waals surface area contributed by atoms with Crippen LogP contribution in [0.2, 0.25) is 0 Å². The molecule has 0 fully saturated rings. The first-order chi connectivity index (χ1) is 25.8. The number of carbonyl (C=O) groups is 2. The van der Waals surface area contributed by atoms with E-state index in [1.165, 1.54) is 12.1 Å². The van der Waals surface area contributed by atoms with Crippen molar-refractivity contribution in [1.82, 2.24) is 9.97 Å². The number of azo groups is 2. The molecule has 5 aromatic carbocycles. The number of carboxylic acids is 2. The van der Waals surface area contributed by atoms with E-state index in [0.29, 0.717) is 40.3 Å². The number of aromatic carboxylic acids is 2. The van der Waals surface area contributed by atoms with Crippen LogP contribution in [0.25, 0.3) is 21.5 Å². The smallest absolute Gasteiger partial charge is 0.339 e. The van der Waals surface area contributed by atoms with Gasteiger partial charge < -0.3 is 25.3 Å². The van der Waals surface area contributed by atoms with Gasteiger partial charge >= 0.3 is 11.9 Å². The lowest BCUT2D eigenvalue weighted by Crippen LogP contribution is -2.23. The van der Waals surface area contributed by atoms with Gasteiger partial charge in [-0.3, -0.25) is 9.97 Å². The second-order valence-electron chi connectivity index (χ2n) is 11.9. The Balaban J connectivity index is 1.39. The Morgan fingerprint density at radius 3 is 1.55 bits per heavy atom. The molecule has 0 amide bonds. The summed E-state index contributed by atoms with van der Waals surface area (Å²) < 4.78 is 0. The minimum absolute atomic E-state index is 0.0263. The van der Waals surface area contributed by atoms with Gasteiger partial charge in [0, 0.05) is 23.2 Å². The molecule has 0 radical (unpaired) electrons. The highest BCUT2D eigenvalue weighted by Gasteiger charge is 2.20. The number of phenols is 2. The van der Waals surface area contributed by atoms with Crippen molar-refractivity contribution in [3.8, 4) is 11.5 Å². The predicted molar refractivity (Wildman–Crippen MR) is 198 cm³/mol. The lowest BCUT2D eigenvalue weighted by molar-refractivity contribution is 0.0682. The summed E-state index contributed by atoms with van der Waals surface area (Å²) in [6, 6.07) is 32.8. The molecule has 7 rings (SSSR count). The highest BCUT2D eigenvalue weighted by Crippen LogP contribution is 2.43. The zero-order valence-corrected chi connectivity index (χ0v) is 27.8. The molecule has 0 aliphatic rings. The number of carboxylic acid groups (broad SMARTS) is 2. The van der Waals surface area contributed by atoms with E-state index < -0.39 is 23.4 Å². The fourth-order valence-electron chi connectivity index (χ4n) is 5.90. The second kappa shape index (κ2) is 14.7. The summed E-state index contributed by atoms with van der Waals surface area (Å²) in [5, 5.41) is 61.3. The molecule has 0 saturated carbocycles. The lowest BCUT2D eigenvalue weighted by atomic mass is 10.0. The van der Waals surface area contributed by atoms with Crippen LogP contribution >= 0.6 is 0 Å². The van der Waals surface area contributed by atoms with Crippen molar-refractivity contribution in [3.05, 3.63) is 150 Å². The van der Waals surface area contributed by atoms with E-state index >= 15 is 0 Å². The fraction of sp³-hybridized carbons (Fsp3) is 0.0500. The van der Waals surface area contributed by atoms with Crippen molar-refractivity contribution in [3.63, 3.8) is 0 Å². The van der Waals surface area contributed by atoms with E-state index in [1.807, 2.05) is 41.3 Å². The Bertz CT molecular complexity index is 2520. The van der Waals surface area contributed by atoms with Gasteiger partial charge in [0.25, 0.3) is 0 Å². The summed E-state index contributed by atoms with van der Waals surface area (Å²) >= 11 is 0. The normalized spacial score (nSPS) is 11.5.